The molecule has 1 N–H and O–H groups in total. The van der Waals surface area contributed by atoms with E-state index in [0.717, 1.165) is 26.2 Å². The van der Waals surface area contributed by atoms with Gasteiger partial charge in [0.1, 0.15) is 0 Å². The molecule has 5 heteroatoms. The van der Waals surface area contributed by atoms with Gasteiger partial charge in [0.25, 0.3) is 0 Å². The molecular weight excluding hydrogens is 266 g/mol. The molecule has 0 aromatic carbocycles. The Bertz CT molecular complexity index is 345. The van der Waals surface area contributed by atoms with Crippen molar-refractivity contribution in [2.24, 2.45) is 5.92 Å². The molecule has 0 aromatic heterocycles. The Balaban J connectivity index is 1.58. The van der Waals surface area contributed by atoms with E-state index < -0.39 is 0 Å². The average molecular weight is 295 g/mol. The molecular formula is C16H29N3O2. The second kappa shape index (κ2) is 8.49. The Morgan fingerprint density at radius 2 is 2.00 bits per heavy atom. The average Bonchev–Trinajstić information content (AvgIpc) is 2.48. The number of ketones is 1. The number of nitrogens with one attached hydrogen (secondary N) is 1. The number of hydrogen-bond acceptors (Lipinski definition) is 4. The van der Waals surface area contributed by atoms with Gasteiger partial charge in [0, 0.05) is 19.6 Å². The van der Waals surface area contributed by atoms with E-state index in [-0.39, 0.29) is 5.91 Å². The van der Waals surface area contributed by atoms with Crippen molar-refractivity contribution in [3.63, 3.8) is 0 Å². The molecule has 0 spiro atoms. The van der Waals surface area contributed by atoms with Crippen molar-refractivity contribution in [3.8, 4) is 0 Å². The highest BCUT2D eigenvalue weighted by atomic mass is 16.2. The van der Waals surface area contributed by atoms with Crippen LogP contribution in [0.3, 0.4) is 0 Å². The minimum absolute atomic E-state index is 0.141. The first-order valence-electron chi connectivity index (χ1n) is 8.40. The van der Waals surface area contributed by atoms with Crippen molar-refractivity contribution in [1.29, 1.82) is 0 Å². The molecule has 21 heavy (non-hydrogen) atoms. The number of likely N-dealkylation sites (N-methyl/N-ethyl adjacent to an activating group) is 1. The zero-order chi connectivity index (χ0) is 15.1. The molecule has 1 heterocycles. The highest BCUT2D eigenvalue weighted by Gasteiger charge is 2.23. The number of carbonyl (C=O) groups is 2. The van der Waals surface area contributed by atoms with E-state index in [1.807, 2.05) is 0 Å². The smallest absolute Gasteiger partial charge is 0.234 e. The number of rotatable bonds is 8. The van der Waals surface area contributed by atoms with Gasteiger partial charge in [-0.05, 0) is 25.3 Å². The van der Waals surface area contributed by atoms with E-state index in [1.165, 1.54) is 32.1 Å². The fourth-order valence-corrected chi connectivity index (χ4v) is 3.15. The summed E-state index contributed by atoms with van der Waals surface area (Å²) >= 11 is 0. The fourth-order valence-electron chi connectivity index (χ4n) is 3.15. The van der Waals surface area contributed by atoms with E-state index in [0.29, 0.717) is 31.3 Å². The molecule has 0 radical (unpaired) electrons. The largest absolute Gasteiger partial charge is 0.355 e. The van der Waals surface area contributed by atoms with Crippen LogP contribution < -0.4 is 5.32 Å². The van der Waals surface area contributed by atoms with E-state index in [1.54, 1.807) is 0 Å². The third-order valence-electron chi connectivity index (χ3n) is 4.66. The first-order valence-corrected chi connectivity index (χ1v) is 8.40. The van der Waals surface area contributed by atoms with Crippen LogP contribution in [-0.2, 0) is 9.59 Å². The number of Topliss-reactive ketones (excluding diaryl/α,β-unsaturated/α-hetero) is 1. The molecule has 1 amide bonds. The zero-order valence-electron chi connectivity index (χ0n) is 13.3. The van der Waals surface area contributed by atoms with Gasteiger partial charge < -0.3 is 5.32 Å². The fraction of sp³-hybridized carbons (Fsp3) is 0.875. The molecule has 1 saturated heterocycles. The van der Waals surface area contributed by atoms with E-state index in [9.17, 15) is 9.59 Å². The quantitative estimate of drug-likeness (QED) is 0.722. The summed E-state index contributed by atoms with van der Waals surface area (Å²) in [6, 6.07) is 0. The molecule has 2 fully saturated rings. The summed E-state index contributed by atoms with van der Waals surface area (Å²) < 4.78 is 0. The number of amides is 1. The zero-order valence-corrected chi connectivity index (χ0v) is 13.3. The highest BCUT2D eigenvalue weighted by molar-refractivity contribution is 5.87. The van der Waals surface area contributed by atoms with Crippen LogP contribution in [0.25, 0.3) is 0 Å². The van der Waals surface area contributed by atoms with Gasteiger partial charge in [0.15, 0.2) is 5.78 Å². The first-order chi connectivity index (χ1) is 10.2. The van der Waals surface area contributed by atoms with Crippen LogP contribution in [-0.4, -0.2) is 67.3 Å². The van der Waals surface area contributed by atoms with Gasteiger partial charge in [-0.2, -0.15) is 0 Å². The van der Waals surface area contributed by atoms with E-state index >= 15 is 0 Å². The second-order valence-electron chi connectivity index (χ2n) is 6.43. The van der Waals surface area contributed by atoms with Gasteiger partial charge >= 0.3 is 0 Å². The summed E-state index contributed by atoms with van der Waals surface area (Å²) in [4.78, 5) is 27.2. The Kier molecular flexibility index (Phi) is 6.64. The van der Waals surface area contributed by atoms with Crippen molar-refractivity contribution in [2.75, 3.05) is 45.8 Å². The van der Waals surface area contributed by atoms with Gasteiger partial charge in [0.05, 0.1) is 19.6 Å². The normalized spacial score (nSPS) is 20.6. The summed E-state index contributed by atoms with van der Waals surface area (Å²) in [7, 11) is 0. The summed E-state index contributed by atoms with van der Waals surface area (Å²) in [6.45, 7) is 7.20. The Labute approximate surface area is 128 Å². The molecule has 120 valence electrons. The highest BCUT2D eigenvalue weighted by Crippen LogP contribution is 2.22. The molecule has 1 aliphatic carbocycles. The summed E-state index contributed by atoms with van der Waals surface area (Å²) in [5.41, 5.74) is 0. The molecule has 1 aliphatic heterocycles. The van der Waals surface area contributed by atoms with Crippen molar-refractivity contribution in [1.82, 2.24) is 15.1 Å². The topological polar surface area (TPSA) is 52.7 Å². The van der Waals surface area contributed by atoms with E-state index in [4.69, 9.17) is 0 Å². The monoisotopic (exact) mass is 295 g/mol. The van der Waals surface area contributed by atoms with Gasteiger partial charge in [0.2, 0.25) is 5.91 Å². The summed E-state index contributed by atoms with van der Waals surface area (Å²) in [5.74, 6) is 1.15. The predicted octanol–water partition coefficient (Wildman–Crippen LogP) is 0.890. The minimum Gasteiger partial charge on any atom is -0.355 e. The van der Waals surface area contributed by atoms with Crippen LogP contribution in [0.5, 0.6) is 0 Å². The lowest BCUT2D eigenvalue weighted by atomic mass is 9.89. The predicted molar refractivity (Wildman–Crippen MR) is 83.1 cm³/mol. The lowest BCUT2D eigenvalue weighted by molar-refractivity contribution is -0.129. The number of hydrogen-bond donors (Lipinski definition) is 1. The summed E-state index contributed by atoms with van der Waals surface area (Å²) in [5, 5.41) is 3.09. The van der Waals surface area contributed by atoms with Gasteiger partial charge in [-0.3, -0.25) is 19.4 Å². The van der Waals surface area contributed by atoms with Crippen molar-refractivity contribution in [3.05, 3.63) is 0 Å². The van der Waals surface area contributed by atoms with Crippen molar-refractivity contribution < 1.29 is 9.59 Å². The standard InChI is InChI=1S/C16H29N3O2/c1-2-18(8-9-19-11-15(20)12-19)13-16(21)17-10-14-6-4-3-5-7-14/h14H,2-13H2,1H3,(H,17,21). The SMILES string of the molecule is CCN(CCN1CC(=O)C1)CC(=O)NCC1CCCCC1. The second-order valence-corrected chi connectivity index (χ2v) is 6.43. The van der Waals surface area contributed by atoms with Crippen LogP contribution >= 0.6 is 0 Å². The third kappa shape index (κ3) is 5.75. The van der Waals surface area contributed by atoms with Crippen molar-refractivity contribution >= 4 is 11.7 Å². The molecule has 0 atom stereocenters. The Hall–Kier alpha value is -0.940. The molecule has 0 aromatic rings. The van der Waals surface area contributed by atoms with Crippen LogP contribution in [0.4, 0.5) is 0 Å². The summed E-state index contributed by atoms with van der Waals surface area (Å²) in [6.07, 6.45) is 6.51. The maximum atomic E-state index is 12.0. The van der Waals surface area contributed by atoms with E-state index in [2.05, 4.69) is 22.0 Å². The third-order valence-corrected chi connectivity index (χ3v) is 4.66. The number of likely N-dealkylation sites (tertiary alicyclic amines) is 1. The van der Waals surface area contributed by atoms with Gasteiger partial charge in [-0.1, -0.05) is 26.2 Å². The Morgan fingerprint density at radius 3 is 2.62 bits per heavy atom. The van der Waals surface area contributed by atoms with Crippen LogP contribution in [0.15, 0.2) is 0 Å². The lowest BCUT2D eigenvalue weighted by Crippen LogP contribution is -2.50. The maximum Gasteiger partial charge on any atom is 0.234 e. The Morgan fingerprint density at radius 1 is 1.29 bits per heavy atom. The molecule has 1 saturated carbocycles. The molecule has 2 aliphatic rings. The molecule has 2 rings (SSSR count). The number of nitrogens with zero attached hydrogens (tertiary/aromatic N) is 2. The lowest BCUT2D eigenvalue weighted by Gasteiger charge is -2.31. The van der Waals surface area contributed by atoms with Crippen LogP contribution in [0, 0.1) is 5.92 Å². The first kappa shape index (κ1) is 16.4. The molecule has 5 nitrogen and oxygen atoms in total. The van der Waals surface area contributed by atoms with Crippen molar-refractivity contribution in [2.45, 2.75) is 39.0 Å². The maximum absolute atomic E-state index is 12.0. The minimum atomic E-state index is 0.141. The molecule has 0 unspecified atom stereocenters. The van der Waals surface area contributed by atoms with Gasteiger partial charge in [-0.25, -0.2) is 0 Å². The van der Waals surface area contributed by atoms with Crippen LogP contribution in [0.1, 0.15) is 39.0 Å². The van der Waals surface area contributed by atoms with Gasteiger partial charge in [-0.15, -0.1) is 0 Å². The van der Waals surface area contributed by atoms with Crippen LogP contribution in [0.2, 0.25) is 0 Å². The number of carbonyl (C=O) groups excluding carboxylic acids is 2. The molecule has 0 bridgehead atoms.